The molecule has 1 atom stereocenters. The molecule has 0 saturated heterocycles. The Morgan fingerprint density at radius 3 is 2.04 bits per heavy atom. The van der Waals surface area contributed by atoms with Crippen molar-refractivity contribution < 1.29 is 40.7 Å². The van der Waals surface area contributed by atoms with Gasteiger partial charge in [0.25, 0.3) is 5.91 Å². The predicted molar refractivity (Wildman–Crippen MR) is 77.3 cm³/mol. The van der Waals surface area contributed by atoms with Gasteiger partial charge in [-0.2, -0.15) is 5.11 Å². The van der Waals surface area contributed by atoms with Crippen molar-refractivity contribution >= 4 is 37.2 Å². The van der Waals surface area contributed by atoms with E-state index in [0.717, 1.165) is 6.26 Å². The summed E-state index contributed by atoms with van der Waals surface area (Å²) in [6.07, 6.45) is 0.756. The second-order valence-corrected chi connectivity index (χ2v) is 8.95. The fourth-order valence-electron chi connectivity index (χ4n) is 1.51. The molecule has 0 heterocycles. The fraction of sp³-hybridized carbons (Fsp3) is 0.273. The number of nitrogens with one attached hydrogen (secondary N) is 2. The Morgan fingerprint density at radius 1 is 1.20 bits per heavy atom. The van der Waals surface area contributed by atoms with Crippen LogP contribution in [0.15, 0.2) is 5.11 Å². The van der Waals surface area contributed by atoms with Gasteiger partial charge >= 0.3 is 5.97 Å². The summed E-state index contributed by atoms with van der Waals surface area (Å²) in [7, 11) is -3.56. The second kappa shape index (κ2) is 7.77. The molecule has 14 heteroatoms. The van der Waals surface area contributed by atoms with E-state index in [1.165, 1.54) is 0 Å². The van der Waals surface area contributed by atoms with Crippen molar-refractivity contribution in [1.82, 2.24) is 5.32 Å². The van der Waals surface area contributed by atoms with Gasteiger partial charge in [0.15, 0.2) is 37.8 Å². The van der Waals surface area contributed by atoms with Crippen molar-refractivity contribution in [2.24, 2.45) is 5.11 Å². The Labute approximate surface area is 141 Å². The van der Waals surface area contributed by atoms with E-state index in [4.69, 9.17) is 10.6 Å². The number of halogens is 4. The largest absolute Gasteiger partial charge is 0.480 e. The molecule has 0 bridgehead atoms. The zero-order chi connectivity index (χ0) is 19.5. The lowest BCUT2D eigenvalue weighted by molar-refractivity contribution is -0.138. The summed E-state index contributed by atoms with van der Waals surface area (Å²) < 4.78 is 76.4. The third-order valence-electron chi connectivity index (χ3n) is 2.63. The summed E-state index contributed by atoms with van der Waals surface area (Å²) in [5, 5.41) is 12.7. The number of carbonyl (C=O) groups is 2. The zero-order valence-electron chi connectivity index (χ0n) is 12.1. The van der Waals surface area contributed by atoms with Gasteiger partial charge in [0.1, 0.15) is 11.6 Å². The molecule has 8 nitrogen and oxygen atoms in total. The molecule has 0 radical (unpaired) electrons. The molecule has 25 heavy (non-hydrogen) atoms. The first-order chi connectivity index (χ1) is 11.4. The molecule has 0 aromatic heterocycles. The highest BCUT2D eigenvalue weighted by molar-refractivity contribution is 8.71. The van der Waals surface area contributed by atoms with Crippen molar-refractivity contribution in [3.05, 3.63) is 28.8 Å². The highest BCUT2D eigenvalue weighted by Gasteiger charge is 2.32. The third-order valence-corrected chi connectivity index (χ3v) is 5.22. The summed E-state index contributed by atoms with van der Waals surface area (Å²) in [5.74, 6) is -12.9. The van der Waals surface area contributed by atoms with Crippen molar-refractivity contribution in [2.75, 3.05) is 12.0 Å². The van der Waals surface area contributed by atoms with E-state index in [-0.39, 0.29) is 10.8 Å². The Bertz CT molecular complexity index is 818. The van der Waals surface area contributed by atoms with Crippen LogP contribution in [0.5, 0.6) is 0 Å². The lowest BCUT2D eigenvalue weighted by Crippen LogP contribution is -2.43. The molecule has 0 aliphatic carbocycles. The number of aliphatic carboxylic acids is 1. The minimum Gasteiger partial charge on any atom is -0.480 e. The fourth-order valence-corrected chi connectivity index (χ4v) is 3.27. The number of carbonyl (C=O) groups excluding carboxylic acids is 1. The van der Waals surface area contributed by atoms with Crippen LogP contribution in [0.4, 0.5) is 23.2 Å². The maximum absolute atomic E-state index is 13.7. The average molecular weight is 403 g/mol. The van der Waals surface area contributed by atoms with E-state index >= 15 is 0 Å². The van der Waals surface area contributed by atoms with Crippen LogP contribution in [0.1, 0.15) is 10.4 Å². The van der Waals surface area contributed by atoms with E-state index in [2.05, 4.69) is 5.11 Å². The van der Waals surface area contributed by atoms with Crippen LogP contribution in [0.3, 0.4) is 0 Å². The predicted octanol–water partition coefficient (Wildman–Crippen LogP) is 1.78. The Morgan fingerprint density at radius 2 is 1.68 bits per heavy atom. The number of benzene rings is 1. The van der Waals surface area contributed by atoms with Gasteiger partial charge in [-0.3, -0.25) is 4.79 Å². The summed E-state index contributed by atoms with van der Waals surface area (Å²) in [5.41, 5.74) is 3.08. The number of carboxylic acid groups (broad SMARTS) is 1. The molecule has 1 rings (SSSR count). The van der Waals surface area contributed by atoms with Gasteiger partial charge in [0, 0.05) is 12.0 Å². The normalized spacial score (nSPS) is 12.5. The van der Waals surface area contributed by atoms with E-state index in [1.54, 1.807) is 5.32 Å². The molecule has 3 N–H and O–H groups in total. The SMILES string of the molecule is CS(=O)(=O)SC[C@H](NC(=O)c1c(F)c(F)c(N=N)c(F)c1F)C(=O)O. The van der Waals surface area contributed by atoms with E-state index in [0.29, 0.717) is 0 Å². The third kappa shape index (κ3) is 4.88. The number of hydrogen-bond acceptors (Lipinski definition) is 7. The van der Waals surface area contributed by atoms with Crippen molar-refractivity contribution in [2.45, 2.75) is 6.04 Å². The number of rotatable bonds is 7. The van der Waals surface area contributed by atoms with Crippen LogP contribution >= 0.6 is 10.8 Å². The molecule has 1 aromatic rings. The quantitative estimate of drug-likeness (QED) is 0.275. The smallest absolute Gasteiger partial charge is 0.327 e. The van der Waals surface area contributed by atoms with Gasteiger partial charge in [-0.15, -0.1) is 0 Å². The maximum Gasteiger partial charge on any atom is 0.327 e. The molecular weight excluding hydrogens is 394 g/mol. The molecule has 0 aliphatic heterocycles. The lowest BCUT2D eigenvalue weighted by Gasteiger charge is -2.15. The summed E-state index contributed by atoms with van der Waals surface area (Å²) in [4.78, 5) is 22.8. The number of nitrogens with zero attached hydrogens (tertiary/aromatic N) is 1. The van der Waals surface area contributed by atoms with Crippen molar-refractivity contribution in [3.63, 3.8) is 0 Å². The van der Waals surface area contributed by atoms with Gasteiger partial charge in [-0.05, 0) is 10.8 Å². The summed E-state index contributed by atoms with van der Waals surface area (Å²) in [6, 6.07) is -1.92. The second-order valence-electron chi connectivity index (χ2n) is 4.44. The zero-order valence-corrected chi connectivity index (χ0v) is 13.8. The molecule has 1 amide bonds. The molecule has 1 aromatic carbocycles. The van der Waals surface area contributed by atoms with Crippen LogP contribution in [0, 0.1) is 28.8 Å². The number of carboxylic acids is 1. The van der Waals surface area contributed by atoms with Crippen molar-refractivity contribution in [1.29, 1.82) is 5.53 Å². The van der Waals surface area contributed by atoms with Crippen LogP contribution in [-0.4, -0.2) is 43.5 Å². The molecule has 0 aliphatic rings. The molecule has 0 unspecified atom stereocenters. The highest BCUT2D eigenvalue weighted by Crippen LogP contribution is 2.30. The maximum atomic E-state index is 13.7. The van der Waals surface area contributed by atoms with Gasteiger partial charge < -0.3 is 10.4 Å². The van der Waals surface area contributed by atoms with Gasteiger partial charge in [0.2, 0.25) is 0 Å². The summed E-state index contributed by atoms with van der Waals surface area (Å²) in [6.45, 7) is 0. The molecular formula is C11H9F4N3O5S2. The topological polar surface area (TPSA) is 137 Å². The number of amides is 1. The minimum absolute atomic E-state index is 0.129. The molecule has 0 fully saturated rings. The number of hydrogen-bond donors (Lipinski definition) is 3. The van der Waals surface area contributed by atoms with Crippen LogP contribution < -0.4 is 5.32 Å². The van der Waals surface area contributed by atoms with Crippen LogP contribution in [0.25, 0.3) is 0 Å². The Hall–Kier alpha value is -2.22. The lowest BCUT2D eigenvalue weighted by atomic mass is 10.1. The van der Waals surface area contributed by atoms with Gasteiger partial charge in [-0.25, -0.2) is 36.3 Å². The van der Waals surface area contributed by atoms with Crippen molar-refractivity contribution in [3.8, 4) is 0 Å². The average Bonchev–Trinajstić information content (AvgIpc) is 2.49. The van der Waals surface area contributed by atoms with Gasteiger partial charge in [-0.1, -0.05) is 0 Å². The van der Waals surface area contributed by atoms with Crippen LogP contribution in [0.2, 0.25) is 0 Å². The highest BCUT2D eigenvalue weighted by atomic mass is 33.1. The molecule has 0 saturated carbocycles. The molecule has 138 valence electrons. The first-order valence-electron chi connectivity index (χ1n) is 6.02. The summed E-state index contributed by atoms with van der Waals surface area (Å²) >= 11 is 0. The Kier molecular flexibility index (Phi) is 6.48. The van der Waals surface area contributed by atoms with E-state index < -0.39 is 67.1 Å². The van der Waals surface area contributed by atoms with E-state index in [9.17, 15) is 35.6 Å². The monoisotopic (exact) mass is 403 g/mol. The molecule has 0 spiro atoms. The standard InChI is InChI=1S/C11H9F4N3O5S2/c1-25(22,23)24-2-3(11(20)21)17-10(19)4-5(12)7(14)9(18-16)8(15)6(4)13/h3,16H,2H2,1H3,(H,17,19)(H,20,21)/t3-/m0/s1. The minimum atomic E-state index is -3.69. The van der Waals surface area contributed by atoms with Gasteiger partial charge in [0.05, 0.1) is 0 Å². The van der Waals surface area contributed by atoms with E-state index in [1.807, 2.05) is 0 Å². The first-order valence-corrected chi connectivity index (χ1v) is 9.41. The van der Waals surface area contributed by atoms with Crippen LogP contribution in [-0.2, 0) is 13.7 Å². The Balaban J connectivity index is 3.22. The first kappa shape index (κ1) is 20.8.